The largest absolute Gasteiger partial charge is 0.383 e. The number of aromatic nitrogens is 1. The van der Waals surface area contributed by atoms with Gasteiger partial charge in [0, 0.05) is 38.6 Å². The number of nitrogens with one attached hydrogen (secondary N) is 1. The number of nitrogens with zero attached hydrogens (tertiary/aromatic N) is 2. The molecule has 18 heavy (non-hydrogen) atoms. The molecule has 0 saturated carbocycles. The Balaban J connectivity index is 2.60. The van der Waals surface area contributed by atoms with E-state index in [0.717, 1.165) is 44.9 Å². The van der Waals surface area contributed by atoms with Crippen molar-refractivity contribution in [2.24, 2.45) is 0 Å². The van der Waals surface area contributed by atoms with Crippen LogP contribution in [0.15, 0.2) is 18.3 Å². The lowest BCUT2D eigenvalue weighted by molar-refractivity contribution is 0.205. The first-order chi connectivity index (χ1) is 8.81. The second-order valence-electron chi connectivity index (χ2n) is 4.25. The van der Waals surface area contributed by atoms with Crippen LogP contribution in [0.25, 0.3) is 0 Å². The average molecular weight is 251 g/mol. The Labute approximate surface area is 110 Å². The van der Waals surface area contributed by atoms with Crippen molar-refractivity contribution in [2.45, 2.75) is 26.8 Å². The van der Waals surface area contributed by atoms with Gasteiger partial charge in [0.25, 0.3) is 0 Å². The lowest BCUT2D eigenvalue weighted by atomic mass is 10.2. The zero-order chi connectivity index (χ0) is 13.2. The molecule has 1 rings (SSSR count). The Bertz CT molecular complexity index is 331. The molecule has 0 aliphatic rings. The van der Waals surface area contributed by atoms with Crippen LogP contribution in [0.2, 0.25) is 0 Å². The van der Waals surface area contributed by atoms with Gasteiger partial charge in [0.1, 0.15) is 0 Å². The quantitative estimate of drug-likeness (QED) is 0.682. The average Bonchev–Trinajstić information content (AvgIpc) is 2.40. The van der Waals surface area contributed by atoms with Crippen molar-refractivity contribution >= 4 is 5.69 Å². The van der Waals surface area contributed by atoms with Gasteiger partial charge in [-0.2, -0.15) is 0 Å². The number of pyridine rings is 1. The maximum absolute atomic E-state index is 5.14. The summed E-state index contributed by atoms with van der Waals surface area (Å²) in [6.07, 6.45) is 3.03. The number of ether oxygens (including phenoxy) is 1. The molecule has 0 aliphatic heterocycles. The number of hydrogen-bond donors (Lipinski definition) is 1. The highest BCUT2D eigenvalue weighted by molar-refractivity contribution is 5.46. The SMILES string of the molecule is CCCNCc1cc(N(CC)CCOC)ccn1. The van der Waals surface area contributed by atoms with E-state index < -0.39 is 0 Å². The van der Waals surface area contributed by atoms with Crippen LogP contribution in [0.5, 0.6) is 0 Å². The van der Waals surface area contributed by atoms with E-state index in [1.54, 1.807) is 7.11 Å². The van der Waals surface area contributed by atoms with Crippen LogP contribution in [0, 0.1) is 0 Å². The number of methoxy groups -OCH3 is 1. The Morgan fingerprint density at radius 3 is 2.89 bits per heavy atom. The number of rotatable bonds is 9. The Kier molecular flexibility index (Phi) is 7.37. The molecule has 4 nitrogen and oxygen atoms in total. The standard InChI is InChI=1S/C14H25N3O/c1-4-7-15-12-13-11-14(6-8-16-13)17(5-2)9-10-18-3/h6,8,11,15H,4-5,7,9-10,12H2,1-3H3. The van der Waals surface area contributed by atoms with Gasteiger partial charge in [-0.3, -0.25) is 4.98 Å². The predicted octanol–water partition coefficient (Wildman–Crippen LogP) is 2.05. The van der Waals surface area contributed by atoms with Gasteiger partial charge in [0.15, 0.2) is 0 Å². The first-order valence-electron chi connectivity index (χ1n) is 6.71. The Hall–Kier alpha value is -1.13. The molecule has 0 fully saturated rings. The molecular formula is C14H25N3O. The summed E-state index contributed by atoms with van der Waals surface area (Å²) in [6.45, 7) is 8.84. The summed E-state index contributed by atoms with van der Waals surface area (Å²) >= 11 is 0. The molecule has 0 saturated heterocycles. The minimum atomic E-state index is 0.750. The van der Waals surface area contributed by atoms with Crippen LogP contribution in [0.3, 0.4) is 0 Å². The molecule has 102 valence electrons. The Morgan fingerprint density at radius 1 is 1.39 bits per heavy atom. The van der Waals surface area contributed by atoms with E-state index in [1.807, 2.05) is 6.20 Å². The molecule has 0 aliphatic carbocycles. The van der Waals surface area contributed by atoms with Gasteiger partial charge in [-0.25, -0.2) is 0 Å². The Morgan fingerprint density at radius 2 is 2.22 bits per heavy atom. The minimum absolute atomic E-state index is 0.750. The van der Waals surface area contributed by atoms with Crippen molar-refractivity contribution in [3.05, 3.63) is 24.0 Å². The van der Waals surface area contributed by atoms with Crippen molar-refractivity contribution in [2.75, 3.05) is 38.3 Å². The van der Waals surface area contributed by atoms with Crippen molar-refractivity contribution < 1.29 is 4.74 Å². The molecule has 0 aromatic carbocycles. The second kappa shape index (κ2) is 8.89. The molecule has 1 heterocycles. The van der Waals surface area contributed by atoms with Crippen LogP contribution in [-0.2, 0) is 11.3 Å². The van der Waals surface area contributed by atoms with Gasteiger partial charge >= 0.3 is 0 Å². The van der Waals surface area contributed by atoms with E-state index in [0.29, 0.717) is 0 Å². The topological polar surface area (TPSA) is 37.4 Å². The summed E-state index contributed by atoms with van der Waals surface area (Å²) in [7, 11) is 1.74. The van der Waals surface area contributed by atoms with Gasteiger partial charge in [-0.05, 0) is 32.0 Å². The zero-order valence-corrected chi connectivity index (χ0v) is 11.8. The van der Waals surface area contributed by atoms with Gasteiger partial charge in [-0.15, -0.1) is 0 Å². The normalized spacial score (nSPS) is 10.6. The highest BCUT2D eigenvalue weighted by Gasteiger charge is 2.05. The third kappa shape index (κ3) is 5.02. The maximum atomic E-state index is 5.14. The number of hydrogen-bond acceptors (Lipinski definition) is 4. The fourth-order valence-corrected chi connectivity index (χ4v) is 1.82. The first kappa shape index (κ1) is 14.9. The van der Waals surface area contributed by atoms with E-state index in [1.165, 1.54) is 5.69 Å². The molecule has 0 atom stereocenters. The van der Waals surface area contributed by atoms with Crippen molar-refractivity contribution in [3.8, 4) is 0 Å². The van der Waals surface area contributed by atoms with E-state index in [2.05, 4.69) is 41.2 Å². The zero-order valence-electron chi connectivity index (χ0n) is 11.8. The van der Waals surface area contributed by atoms with Gasteiger partial charge < -0.3 is 15.0 Å². The van der Waals surface area contributed by atoms with Crippen molar-refractivity contribution in [1.82, 2.24) is 10.3 Å². The maximum Gasteiger partial charge on any atom is 0.0637 e. The van der Waals surface area contributed by atoms with E-state index >= 15 is 0 Å². The molecule has 0 unspecified atom stereocenters. The first-order valence-corrected chi connectivity index (χ1v) is 6.71. The summed E-state index contributed by atoms with van der Waals surface area (Å²) in [5.74, 6) is 0. The molecule has 4 heteroatoms. The molecule has 0 radical (unpaired) electrons. The van der Waals surface area contributed by atoms with E-state index in [9.17, 15) is 0 Å². The summed E-state index contributed by atoms with van der Waals surface area (Å²) < 4.78 is 5.14. The van der Waals surface area contributed by atoms with Gasteiger partial charge in [0.05, 0.1) is 12.3 Å². The summed E-state index contributed by atoms with van der Waals surface area (Å²) in [5.41, 5.74) is 2.31. The van der Waals surface area contributed by atoms with Crippen LogP contribution >= 0.6 is 0 Å². The monoisotopic (exact) mass is 251 g/mol. The summed E-state index contributed by atoms with van der Waals surface area (Å²) in [6, 6.07) is 4.21. The predicted molar refractivity (Wildman–Crippen MR) is 76.0 cm³/mol. The van der Waals surface area contributed by atoms with Gasteiger partial charge in [-0.1, -0.05) is 6.92 Å². The van der Waals surface area contributed by atoms with Crippen LogP contribution < -0.4 is 10.2 Å². The highest BCUT2D eigenvalue weighted by atomic mass is 16.5. The fourth-order valence-electron chi connectivity index (χ4n) is 1.82. The van der Waals surface area contributed by atoms with E-state index in [4.69, 9.17) is 4.74 Å². The number of likely N-dealkylation sites (N-methyl/N-ethyl adjacent to an activating group) is 1. The number of anilines is 1. The smallest absolute Gasteiger partial charge is 0.0637 e. The highest BCUT2D eigenvalue weighted by Crippen LogP contribution is 2.14. The van der Waals surface area contributed by atoms with E-state index in [-0.39, 0.29) is 0 Å². The van der Waals surface area contributed by atoms with Gasteiger partial charge in [0.2, 0.25) is 0 Å². The third-order valence-corrected chi connectivity index (χ3v) is 2.85. The van der Waals surface area contributed by atoms with Crippen LogP contribution in [0.4, 0.5) is 5.69 Å². The third-order valence-electron chi connectivity index (χ3n) is 2.85. The molecule has 0 bridgehead atoms. The molecule has 1 N–H and O–H groups in total. The second-order valence-corrected chi connectivity index (χ2v) is 4.25. The molecule has 1 aromatic heterocycles. The summed E-state index contributed by atoms with van der Waals surface area (Å²) in [4.78, 5) is 6.69. The minimum Gasteiger partial charge on any atom is -0.383 e. The van der Waals surface area contributed by atoms with Crippen molar-refractivity contribution in [1.29, 1.82) is 0 Å². The fraction of sp³-hybridized carbons (Fsp3) is 0.643. The molecule has 1 aromatic rings. The lowest BCUT2D eigenvalue weighted by Crippen LogP contribution is -2.27. The summed E-state index contributed by atoms with van der Waals surface area (Å²) in [5, 5.41) is 3.37. The van der Waals surface area contributed by atoms with Crippen LogP contribution in [0.1, 0.15) is 26.0 Å². The lowest BCUT2D eigenvalue weighted by Gasteiger charge is -2.23. The molecule has 0 amide bonds. The molecular weight excluding hydrogens is 226 g/mol. The van der Waals surface area contributed by atoms with Crippen molar-refractivity contribution in [3.63, 3.8) is 0 Å². The molecule has 0 spiro atoms. The van der Waals surface area contributed by atoms with Crippen LogP contribution in [-0.4, -0.2) is 38.3 Å².